The van der Waals surface area contributed by atoms with Gasteiger partial charge in [0.2, 0.25) is 10.0 Å². The van der Waals surface area contributed by atoms with E-state index in [1.807, 2.05) is 6.07 Å². The highest BCUT2D eigenvalue weighted by Crippen LogP contribution is 2.26. The second-order valence-electron chi connectivity index (χ2n) is 5.84. The van der Waals surface area contributed by atoms with E-state index in [0.29, 0.717) is 26.2 Å². The van der Waals surface area contributed by atoms with E-state index in [1.165, 1.54) is 4.31 Å². The SMILES string of the molecule is O=C(O)c1cccc2c1CCN(S(=O)(=O)CC1CCOC1)C2. The van der Waals surface area contributed by atoms with Crippen molar-refractivity contribution < 1.29 is 23.1 Å². The predicted molar refractivity (Wildman–Crippen MR) is 80.2 cm³/mol. The van der Waals surface area contributed by atoms with E-state index in [1.54, 1.807) is 12.1 Å². The predicted octanol–water partition coefficient (Wildman–Crippen LogP) is 1.11. The number of sulfonamides is 1. The van der Waals surface area contributed by atoms with Crippen LogP contribution in [0.1, 0.15) is 27.9 Å². The summed E-state index contributed by atoms with van der Waals surface area (Å²) >= 11 is 0. The summed E-state index contributed by atoms with van der Waals surface area (Å²) in [6.45, 7) is 1.73. The van der Waals surface area contributed by atoms with Gasteiger partial charge >= 0.3 is 5.97 Å². The molecule has 0 radical (unpaired) electrons. The molecule has 0 spiro atoms. The summed E-state index contributed by atoms with van der Waals surface area (Å²) in [6.07, 6.45) is 1.23. The monoisotopic (exact) mass is 325 g/mol. The molecular weight excluding hydrogens is 306 g/mol. The molecule has 1 unspecified atom stereocenters. The summed E-state index contributed by atoms with van der Waals surface area (Å²) in [5, 5.41) is 9.21. The Balaban J connectivity index is 1.79. The number of rotatable bonds is 4. The van der Waals surface area contributed by atoms with Crippen LogP contribution in [0, 0.1) is 5.92 Å². The smallest absolute Gasteiger partial charge is 0.335 e. The van der Waals surface area contributed by atoms with Gasteiger partial charge in [-0.1, -0.05) is 12.1 Å². The van der Waals surface area contributed by atoms with Crippen LogP contribution in [0.3, 0.4) is 0 Å². The molecule has 0 amide bonds. The highest BCUT2D eigenvalue weighted by Gasteiger charge is 2.31. The van der Waals surface area contributed by atoms with Crippen molar-refractivity contribution in [3.05, 3.63) is 34.9 Å². The third-order valence-corrected chi connectivity index (χ3v) is 6.32. The van der Waals surface area contributed by atoms with Gasteiger partial charge in [-0.2, -0.15) is 4.31 Å². The van der Waals surface area contributed by atoms with Crippen LogP contribution < -0.4 is 0 Å². The lowest BCUT2D eigenvalue weighted by Gasteiger charge is -2.29. The Labute approximate surface area is 129 Å². The third-order valence-electron chi connectivity index (χ3n) is 4.33. The largest absolute Gasteiger partial charge is 0.478 e. The molecule has 0 bridgehead atoms. The van der Waals surface area contributed by atoms with Gasteiger partial charge in [-0.15, -0.1) is 0 Å². The van der Waals surface area contributed by atoms with Gasteiger partial charge in [0.25, 0.3) is 0 Å². The number of carboxylic acids is 1. The van der Waals surface area contributed by atoms with Gasteiger partial charge in [0.15, 0.2) is 0 Å². The number of hydrogen-bond donors (Lipinski definition) is 1. The van der Waals surface area contributed by atoms with Crippen molar-refractivity contribution in [2.24, 2.45) is 5.92 Å². The Morgan fingerprint density at radius 2 is 2.23 bits per heavy atom. The lowest BCUT2D eigenvalue weighted by Crippen LogP contribution is -2.39. The van der Waals surface area contributed by atoms with Crippen LogP contribution in [-0.4, -0.2) is 49.3 Å². The average Bonchev–Trinajstić information content (AvgIpc) is 2.98. The summed E-state index contributed by atoms with van der Waals surface area (Å²) in [4.78, 5) is 11.2. The summed E-state index contributed by atoms with van der Waals surface area (Å²) in [5.41, 5.74) is 1.82. The number of carbonyl (C=O) groups is 1. The fourth-order valence-corrected chi connectivity index (χ4v) is 4.91. The lowest BCUT2D eigenvalue weighted by atomic mass is 9.95. The van der Waals surface area contributed by atoms with Crippen molar-refractivity contribution in [3.8, 4) is 0 Å². The van der Waals surface area contributed by atoms with Gasteiger partial charge in [0.1, 0.15) is 0 Å². The maximum atomic E-state index is 12.5. The molecule has 120 valence electrons. The number of fused-ring (bicyclic) bond motifs is 1. The van der Waals surface area contributed by atoms with Crippen LogP contribution in [0.15, 0.2) is 18.2 Å². The molecule has 3 rings (SSSR count). The first-order chi connectivity index (χ1) is 10.5. The molecule has 0 saturated carbocycles. The fraction of sp³-hybridized carbons (Fsp3) is 0.533. The zero-order valence-corrected chi connectivity index (χ0v) is 13.0. The van der Waals surface area contributed by atoms with E-state index in [2.05, 4.69) is 0 Å². The van der Waals surface area contributed by atoms with E-state index < -0.39 is 16.0 Å². The minimum absolute atomic E-state index is 0.0664. The second-order valence-corrected chi connectivity index (χ2v) is 7.85. The van der Waals surface area contributed by atoms with Crippen molar-refractivity contribution in [2.45, 2.75) is 19.4 Å². The molecular formula is C15H19NO5S. The van der Waals surface area contributed by atoms with Crippen LogP contribution in [-0.2, 0) is 27.7 Å². The lowest BCUT2D eigenvalue weighted by molar-refractivity contribution is 0.0695. The average molecular weight is 325 g/mol. The summed E-state index contributed by atoms with van der Waals surface area (Å²) < 4.78 is 31.8. The third kappa shape index (κ3) is 3.02. The number of benzene rings is 1. The summed E-state index contributed by atoms with van der Waals surface area (Å²) in [6, 6.07) is 5.05. The second kappa shape index (κ2) is 5.98. The first kappa shape index (κ1) is 15.5. The highest BCUT2D eigenvalue weighted by molar-refractivity contribution is 7.89. The quantitative estimate of drug-likeness (QED) is 0.896. The molecule has 0 aliphatic carbocycles. The minimum atomic E-state index is -3.34. The Morgan fingerprint density at radius 3 is 2.91 bits per heavy atom. The number of hydrogen-bond acceptors (Lipinski definition) is 4. The van der Waals surface area contributed by atoms with Gasteiger partial charge in [-0.05, 0) is 36.0 Å². The van der Waals surface area contributed by atoms with Gasteiger partial charge in [-0.3, -0.25) is 0 Å². The Bertz CT molecular complexity index is 679. The number of aromatic carboxylic acids is 1. The molecule has 1 atom stereocenters. The maximum absolute atomic E-state index is 12.5. The van der Waals surface area contributed by atoms with Crippen LogP contribution in [0.25, 0.3) is 0 Å². The molecule has 1 N–H and O–H groups in total. The van der Waals surface area contributed by atoms with E-state index >= 15 is 0 Å². The molecule has 2 heterocycles. The van der Waals surface area contributed by atoms with Crippen LogP contribution in [0.5, 0.6) is 0 Å². The molecule has 7 heteroatoms. The molecule has 22 heavy (non-hydrogen) atoms. The van der Waals surface area contributed by atoms with E-state index in [9.17, 15) is 18.3 Å². The molecule has 2 aliphatic heterocycles. The number of ether oxygens (including phenoxy) is 1. The van der Waals surface area contributed by atoms with Crippen molar-refractivity contribution >= 4 is 16.0 Å². The van der Waals surface area contributed by atoms with E-state index in [0.717, 1.165) is 17.5 Å². The Morgan fingerprint density at radius 1 is 1.41 bits per heavy atom. The Hall–Kier alpha value is -1.44. The first-order valence-corrected chi connectivity index (χ1v) is 8.98. The number of nitrogens with zero attached hydrogens (tertiary/aromatic N) is 1. The van der Waals surface area contributed by atoms with Crippen molar-refractivity contribution in [2.75, 3.05) is 25.5 Å². The highest BCUT2D eigenvalue weighted by atomic mass is 32.2. The van der Waals surface area contributed by atoms with Crippen molar-refractivity contribution in [1.29, 1.82) is 0 Å². The standard InChI is InChI=1S/C15H19NO5S/c17-15(18)14-3-1-2-12-8-16(6-4-13(12)14)22(19,20)10-11-5-7-21-9-11/h1-3,11H,4-10H2,(H,17,18). The van der Waals surface area contributed by atoms with Crippen molar-refractivity contribution in [1.82, 2.24) is 4.31 Å². The van der Waals surface area contributed by atoms with Crippen molar-refractivity contribution in [3.63, 3.8) is 0 Å². The molecule has 1 saturated heterocycles. The fourth-order valence-electron chi connectivity index (χ4n) is 3.14. The number of carboxylic acid groups (broad SMARTS) is 1. The molecule has 6 nitrogen and oxygen atoms in total. The topological polar surface area (TPSA) is 83.9 Å². The minimum Gasteiger partial charge on any atom is -0.478 e. The Kier molecular flexibility index (Phi) is 4.20. The van der Waals surface area contributed by atoms with E-state index in [-0.39, 0.29) is 23.8 Å². The molecule has 2 aliphatic rings. The van der Waals surface area contributed by atoms with Crippen LogP contribution >= 0.6 is 0 Å². The van der Waals surface area contributed by atoms with Crippen LogP contribution in [0.2, 0.25) is 0 Å². The normalized spacial score (nSPS) is 22.5. The van der Waals surface area contributed by atoms with Gasteiger partial charge in [0, 0.05) is 19.7 Å². The molecule has 1 fully saturated rings. The zero-order valence-electron chi connectivity index (χ0n) is 12.2. The van der Waals surface area contributed by atoms with Gasteiger partial charge in [0.05, 0.1) is 17.9 Å². The molecule has 1 aromatic carbocycles. The van der Waals surface area contributed by atoms with Crippen LogP contribution in [0.4, 0.5) is 0 Å². The first-order valence-electron chi connectivity index (χ1n) is 7.37. The molecule has 1 aromatic rings. The summed E-state index contributed by atoms with van der Waals surface area (Å²) in [7, 11) is -3.34. The van der Waals surface area contributed by atoms with E-state index in [4.69, 9.17) is 4.74 Å². The zero-order chi connectivity index (χ0) is 15.7. The van der Waals surface area contributed by atoms with Gasteiger partial charge < -0.3 is 9.84 Å². The maximum Gasteiger partial charge on any atom is 0.335 e. The summed E-state index contributed by atoms with van der Waals surface area (Å²) in [5.74, 6) is -0.783. The van der Waals surface area contributed by atoms with Gasteiger partial charge in [-0.25, -0.2) is 13.2 Å². The molecule has 0 aromatic heterocycles.